The van der Waals surface area contributed by atoms with E-state index in [2.05, 4.69) is 41.5 Å². The first kappa shape index (κ1) is 65.7. The number of nitrogen functional groups attached to an aromatic ring is 1. The van der Waals surface area contributed by atoms with Crippen LogP contribution in [0.4, 0.5) is 36.1 Å². The van der Waals surface area contributed by atoms with Crippen molar-refractivity contribution in [3.05, 3.63) is 219 Å². The van der Waals surface area contributed by atoms with E-state index in [0.29, 0.717) is 45.6 Å². The minimum atomic E-state index is -0.750. The maximum atomic E-state index is 15.0. The van der Waals surface area contributed by atoms with Gasteiger partial charge in [0.05, 0.1) is 58.2 Å². The fraction of sp³-hybridized carbons (Fsp3) is 0.266. The van der Waals surface area contributed by atoms with Crippen molar-refractivity contribution in [1.82, 2.24) is 40.8 Å². The summed E-state index contributed by atoms with van der Waals surface area (Å²) in [7, 11) is 0. The number of carbonyl (C=O) groups excluding carboxylic acids is 3. The van der Waals surface area contributed by atoms with Gasteiger partial charge < -0.3 is 36.6 Å². The molecule has 2 aliphatic carbocycles. The molecule has 18 nitrogen and oxygen atoms in total. The number of amides is 3. The Hall–Kier alpha value is -7.82. The number of aromatic nitrogens is 5. The van der Waals surface area contributed by atoms with E-state index < -0.39 is 40.8 Å². The molecule has 3 aromatic heterocycles. The standard InChI is InChI=1S/C29H25F2N5O.C29H27FN6O2.C4H9O.C2H5NO2.K/c1-18-14-27(36(35-18)22-11-13-23(30)25(16-22)32-2)29(37)34-26-15-21(10-12-24(26)31)28(33-17-19-8-9-19)20-6-4-3-5-7-20;1-17-13-25(36(34-17)21-10-12-26-22(15-21)28(31)35-38-26)29(37)33-24-14-20(9-11-23(24)30)27(32-16-18-7-8-18)19-5-3-2-4-6-19;1-4(2,3)5;1-2(4)3-5;/h3-7,10-16,19,28,33H,8-9,17H2,1H3,(H,34,37);2-6,9-15,18,27,32H,7-8,16H2,1H3,(H2,31,35)(H,33,37);1-3H3;5H,1H3,(H,3,4);/q;;-1;;+1. The molecule has 0 aliphatic heterocycles. The molecule has 2 fully saturated rings. The van der Waals surface area contributed by atoms with E-state index in [-0.39, 0.29) is 97.7 Å². The fourth-order valence-corrected chi connectivity index (χ4v) is 8.88. The normalized spacial score (nSPS) is 13.2. The second-order valence-corrected chi connectivity index (χ2v) is 21.7. The summed E-state index contributed by atoms with van der Waals surface area (Å²) < 4.78 is 51.7. The molecule has 3 heterocycles. The maximum Gasteiger partial charge on any atom is 1.00 e. The van der Waals surface area contributed by atoms with Gasteiger partial charge in [0.25, 0.3) is 11.8 Å². The molecule has 3 amide bonds. The number of carbonyl (C=O) groups is 3. The number of aryl methyl sites for hydroxylation is 2. The molecule has 9 aromatic rings. The number of nitrogens with two attached hydrogens (primary N) is 1. The number of benzene rings is 6. The molecule has 86 heavy (non-hydrogen) atoms. The maximum absolute atomic E-state index is 15.0. The van der Waals surface area contributed by atoms with Crippen molar-refractivity contribution >= 4 is 51.6 Å². The summed E-state index contributed by atoms with van der Waals surface area (Å²) in [5, 5.41) is 43.5. The Balaban J connectivity index is 0.000000211. The van der Waals surface area contributed by atoms with Gasteiger partial charge in [-0.3, -0.25) is 19.6 Å². The number of anilines is 3. The molecular formula is C64H66F3KN12O6. The van der Waals surface area contributed by atoms with Crippen LogP contribution in [0, 0.1) is 49.7 Å². The number of halogens is 3. The number of fused-ring (bicyclic) bond motifs is 1. The van der Waals surface area contributed by atoms with Crippen LogP contribution in [-0.4, -0.2) is 66.3 Å². The van der Waals surface area contributed by atoms with Crippen molar-refractivity contribution in [3.8, 4) is 11.4 Å². The van der Waals surface area contributed by atoms with E-state index in [1.54, 1.807) is 89.2 Å². The largest absolute Gasteiger partial charge is 1.00 e. The van der Waals surface area contributed by atoms with E-state index in [0.717, 1.165) is 41.4 Å². The zero-order valence-electron chi connectivity index (χ0n) is 48.8. The predicted molar refractivity (Wildman–Crippen MR) is 317 cm³/mol. The Morgan fingerprint density at radius 3 is 1.51 bits per heavy atom. The smallest absolute Gasteiger partial charge is 0.850 e. The average Bonchev–Trinajstić information content (AvgIpc) is 2.22. The molecule has 440 valence electrons. The van der Waals surface area contributed by atoms with Crippen molar-refractivity contribution in [2.45, 2.75) is 84.9 Å². The Morgan fingerprint density at radius 1 is 0.674 bits per heavy atom. The molecule has 6 aromatic carbocycles. The van der Waals surface area contributed by atoms with E-state index in [9.17, 15) is 32.7 Å². The van der Waals surface area contributed by atoms with E-state index >= 15 is 0 Å². The summed E-state index contributed by atoms with van der Waals surface area (Å²) in [4.78, 5) is 39.3. The van der Waals surface area contributed by atoms with Crippen LogP contribution in [0.15, 0.2) is 150 Å². The van der Waals surface area contributed by atoms with Crippen molar-refractivity contribution in [2.75, 3.05) is 29.5 Å². The van der Waals surface area contributed by atoms with Crippen molar-refractivity contribution in [1.29, 1.82) is 0 Å². The number of hydroxylamine groups is 1. The van der Waals surface area contributed by atoms with Gasteiger partial charge in [-0.25, -0.2) is 32.9 Å². The van der Waals surface area contributed by atoms with Gasteiger partial charge in [-0.1, -0.05) is 98.7 Å². The third-order valence-electron chi connectivity index (χ3n) is 13.3. The topological polar surface area (TPSA) is 247 Å². The molecule has 2 atom stereocenters. The molecule has 0 radical (unpaired) electrons. The van der Waals surface area contributed by atoms with Gasteiger partial charge >= 0.3 is 51.4 Å². The Kier molecular flexibility index (Phi) is 22.9. The Labute approximate surface area is 539 Å². The van der Waals surface area contributed by atoms with Gasteiger partial charge in [-0.05, 0) is 160 Å². The van der Waals surface area contributed by atoms with E-state index in [4.69, 9.17) is 22.0 Å². The Bertz CT molecular complexity index is 3830. The summed E-state index contributed by atoms with van der Waals surface area (Å²) in [6, 6.07) is 41.6. The number of rotatable bonds is 16. The molecular weight excluding hydrogens is 1130 g/mol. The minimum absolute atomic E-state index is 0. The molecule has 22 heteroatoms. The number of nitrogens with one attached hydrogen (secondary N) is 5. The van der Waals surface area contributed by atoms with Gasteiger partial charge in [0.2, 0.25) is 11.6 Å². The Morgan fingerprint density at radius 2 is 1.09 bits per heavy atom. The van der Waals surface area contributed by atoms with Crippen molar-refractivity contribution < 1.29 is 93.8 Å². The molecule has 2 unspecified atom stereocenters. The molecule has 8 N–H and O–H groups in total. The molecule has 0 spiro atoms. The van der Waals surface area contributed by atoms with Gasteiger partial charge in [-0.2, -0.15) is 10.2 Å². The van der Waals surface area contributed by atoms with Crippen LogP contribution in [0.5, 0.6) is 0 Å². The fourth-order valence-electron chi connectivity index (χ4n) is 8.88. The molecule has 0 bridgehead atoms. The SMILES string of the molecule is CC(=O)NO.CC(C)(C)[O-].Cc1cc(C(=O)Nc2cc(C(NCC3CC3)c3ccccc3)ccc2F)n(-c2ccc3onc(N)c3c2)n1.[C-]#[N+]c1cc(-n2nc(C)cc2C(=O)Nc2cc(C(NCC3CC3)c3ccccc3)ccc2F)ccc1F.[K+]. The molecule has 2 aliphatic rings. The average molecular weight is 1200 g/mol. The molecule has 0 saturated heterocycles. The number of hydrogen-bond acceptors (Lipinski definition) is 12. The summed E-state index contributed by atoms with van der Waals surface area (Å²) in [6.45, 7) is 18.5. The van der Waals surface area contributed by atoms with Gasteiger partial charge in [0.15, 0.2) is 11.4 Å². The zero-order valence-corrected chi connectivity index (χ0v) is 51.9. The van der Waals surface area contributed by atoms with Crippen LogP contribution in [0.2, 0.25) is 0 Å². The first-order valence-electron chi connectivity index (χ1n) is 27.5. The van der Waals surface area contributed by atoms with Crippen LogP contribution < -0.4 is 89.0 Å². The second-order valence-electron chi connectivity index (χ2n) is 21.7. The van der Waals surface area contributed by atoms with Crippen LogP contribution in [0.3, 0.4) is 0 Å². The van der Waals surface area contributed by atoms with Crippen LogP contribution in [0.25, 0.3) is 27.2 Å². The van der Waals surface area contributed by atoms with Crippen LogP contribution in [0.1, 0.15) is 120 Å². The quantitative estimate of drug-likeness (QED) is 0.0209. The van der Waals surface area contributed by atoms with E-state index in [1.165, 1.54) is 71.7 Å². The summed E-state index contributed by atoms with van der Waals surface area (Å²) in [5.41, 5.74) is 13.4. The third-order valence-corrected chi connectivity index (χ3v) is 13.3. The monoisotopic (exact) mass is 1190 g/mol. The minimum Gasteiger partial charge on any atom is -0.850 e. The van der Waals surface area contributed by atoms with Gasteiger partial charge in [0.1, 0.15) is 28.8 Å². The summed E-state index contributed by atoms with van der Waals surface area (Å²) in [6.07, 6.45) is 4.86. The molecule has 11 rings (SSSR count). The number of nitrogens with zero attached hydrogens (tertiary/aromatic N) is 6. The van der Waals surface area contributed by atoms with Crippen molar-refractivity contribution in [3.63, 3.8) is 0 Å². The second kappa shape index (κ2) is 30.0. The van der Waals surface area contributed by atoms with Gasteiger partial charge in [0, 0.05) is 6.92 Å². The summed E-state index contributed by atoms with van der Waals surface area (Å²) >= 11 is 0. The third kappa shape index (κ3) is 18.3. The first-order valence-corrected chi connectivity index (χ1v) is 27.5. The zero-order chi connectivity index (χ0) is 61.0. The number of hydrogen-bond donors (Lipinski definition) is 7. The van der Waals surface area contributed by atoms with Crippen LogP contribution in [-0.2, 0) is 4.79 Å². The van der Waals surface area contributed by atoms with Crippen molar-refractivity contribution in [2.24, 2.45) is 11.8 Å². The van der Waals surface area contributed by atoms with Gasteiger partial charge in [-0.15, -0.1) is 5.60 Å². The summed E-state index contributed by atoms with van der Waals surface area (Å²) in [5.74, 6) is -1.65. The van der Waals surface area contributed by atoms with E-state index in [1.807, 2.05) is 60.7 Å². The van der Waals surface area contributed by atoms with Crippen LogP contribution >= 0.6 is 0 Å². The first-order chi connectivity index (χ1) is 40.7. The molecule has 2 saturated carbocycles. The predicted octanol–water partition coefficient (Wildman–Crippen LogP) is 8.40.